The van der Waals surface area contributed by atoms with E-state index in [1.54, 1.807) is 0 Å². The molecule has 2 aliphatic rings. The minimum absolute atomic E-state index is 0.212. The molecule has 1 amide bonds. The lowest BCUT2D eigenvalue weighted by atomic mass is 10.0. The number of halogens is 1. The van der Waals surface area contributed by atoms with Gasteiger partial charge in [-0.2, -0.15) is 0 Å². The number of rotatable bonds is 0. The molecular weight excluding hydrogens is 363 g/mol. The zero-order chi connectivity index (χ0) is 19.5. The van der Waals surface area contributed by atoms with Crippen molar-refractivity contribution in [1.82, 2.24) is 24.9 Å². The van der Waals surface area contributed by atoms with E-state index in [2.05, 4.69) is 20.4 Å². The lowest BCUT2D eigenvalue weighted by Crippen LogP contribution is -2.37. The molecule has 0 unspecified atom stereocenters. The van der Waals surface area contributed by atoms with Crippen LogP contribution in [0.3, 0.4) is 0 Å². The number of carbonyl (C=O) groups excluding carboxylic acids is 1. The molecule has 2 bridgehead atoms. The van der Waals surface area contributed by atoms with Crippen molar-refractivity contribution in [2.75, 3.05) is 18.6 Å². The van der Waals surface area contributed by atoms with Crippen LogP contribution in [0, 0.1) is 5.82 Å². The van der Waals surface area contributed by atoms with Gasteiger partial charge in [0, 0.05) is 12.6 Å². The number of carbonyl (C=O) groups is 1. The summed E-state index contributed by atoms with van der Waals surface area (Å²) in [5.41, 5.74) is 1.18. The Labute approximate surface area is 160 Å². The van der Waals surface area contributed by atoms with E-state index >= 15 is 0 Å². The molecular formula is C19H19FN6O2. The highest BCUT2D eigenvalue weighted by atomic mass is 19.1. The van der Waals surface area contributed by atoms with Gasteiger partial charge < -0.3 is 15.0 Å². The zero-order valence-corrected chi connectivity index (χ0v) is 15.5. The van der Waals surface area contributed by atoms with Crippen molar-refractivity contribution in [2.45, 2.75) is 31.3 Å². The monoisotopic (exact) mass is 382 g/mol. The minimum Gasteiger partial charge on any atom is -0.475 e. The number of imidazole rings is 1. The molecule has 4 heterocycles. The topological polar surface area (TPSA) is 84.7 Å². The molecule has 28 heavy (non-hydrogen) atoms. The summed E-state index contributed by atoms with van der Waals surface area (Å²) in [6, 6.07) is 4.86. The zero-order valence-electron chi connectivity index (χ0n) is 15.5. The van der Waals surface area contributed by atoms with Crippen molar-refractivity contribution in [3.8, 4) is 5.88 Å². The van der Waals surface area contributed by atoms with E-state index in [1.165, 1.54) is 16.8 Å². The molecule has 1 atom stereocenters. The molecule has 5 rings (SSSR count). The normalized spacial score (nSPS) is 20.8. The summed E-state index contributed by atoms with van der Waals surface area (Å²) < 4.78 is 21.5. The van der Waals surface area contributed by atoms with Crippen molar-refractivity contribution < 1.29 is 13.9 Å². The molecule has 1 saturated carbocycles. The summed E-state index contributed by atoms with van der Waals surface area (Å²) in [7, 11) is 1.91. The lowest BCUT2D eigenvalue weighted by molar-refractivity contribution is 0.0918. The maximum absolute atomic E-state index is 14.0. The summed E-state index contributed by atoms with van der Waals surface area (Å²) in [5, 5.41) is 7.51. The van der Waals surface area contributed by atoms with Crippen LogP contribution >= 0.6 is 0 Å². The van der Waals surface area contributed by atoms with Crippen LogP contribution in [-0.2, 0) is 5.54 Å². The highest BCUT2D eigenvalue weighted by molar-refractivity contribution is 5.93. The van der Waals surface area contributed by atoms with E-state index < -0.39 is 11.4 Å². The molecule has 0 aromatic carbocycles. The third kappa shape index (κ3) is 2.49. The second-order valence-electron chi connectivity index (χ2n) is 7.39. The molecule has 1 N–H and O–H groups in total. The van der Waals surface area contributed by atoms with E-state index in [4.69, 9.17) is 4.74 Å². The van der Waals surface area contributed by atoms with Crippen LogP contribution in [0.5, 0.6) is 5.88 Å². The number of nitrogens with one attached hydrogen (secondary N) is 1. The Kier molecular flexibility index (Phi) is 3.55. The van der Waals surface area contributed by atoms with Crippen LogP contribution in [0.4, 0.5) is 10.2 Å². The van der Waals surface area contributed by atoms with Crippen molar-refractivity contribution in [1.29, 1.82) is 0 Å². The highest BCUT2D eigenvalue weighted by Crippen LogP contribution is 2.53. The van der Waals surface area contributed by atoms with Gasteiger partial charge in [0.25, 0.3) is 5.91 Å². The van der Waals surface area contributed by atoms with E-state index in [-0.39, 0.29) is 18.6 Å². The number of anilines is 1. The molecule has 1 aliphatic carbocycles. The number of ether oxygens (including phenoxy) is 1. The molecule has 0 radical (unpaired) electrons. The number of hydrogen-bond acceptors (Lipinski definition) is 6. The van der Waals surface area contributed by atoms with Gasteiger partial charge in [0.1, 0.15) is 18.2 Å². The Morgan fingerprint density at radius 3 is 2.89 bits per heavy atom. The quantitative estimate of drug-likeness (QED) is 0.639. The summed E-state index contributed by atoms with van der Waals surface area (Å²) in [6.45, 7) is 2.05. The standard InChI is InChI=1S/C19H19FN6O2/c1-11-10-28-18-13(7-12(20)8-22-18)19(5-6-19)25(2)16-4-3-15-21-9-14(17(27)23-11)26(15)24-16/h3-4,7-9,11H,5-6,10H2,1-2H3,(H,23,27)/t11-/m1/s1. The van der Waals surface area contributed by atoms with Crippen LogP contribution in [0.25, 0.3) is 5.65 Å². The molecule has 3 aromatic rings. The first-order chi connectivity index (χ1) is 13.5. The van der Waals surface area contributed by atoms with Gasteiger partial charge in [0.2, 0.25) is 5.88 Å². The maximum Gasteiger partial charge on any atom is 0.271 e. The van der Waals surface area contributed by atoms with Gasteiger partial charge in [-0.3, -0.25) is 4.79 Å². The SMILES string of the molecule is C[C@@H]1COc2ncc(F)cc2C2(CC2)N(C)c2ccc3ncc(n3n2)C(=O)N1. The fraction of sp³-hybridized carbons (Fsp3) is 0.368. The average Bonchev–Trinajstić information content (AvgIpc) is 3.38. The van der Waals surface area contributed by atoms with Crippen LogP contribution in [0.2, 0.25) is 0 Å². The number of hydrogen-bond donors (Lipinski definition) is 1. The van der Waals surface area contributed by atoms with Crippen molar-refractivity contribution in [2.24, 2.45) is 0 Å². The van der Waals surface area contributed by atoms with E-state index in [0.717, 1.165) is 19.0 Å². The molecule has 0 saturated heterocycles. The van der Waals surface area contributed by atoms with Crippen LogP contribution in [-0.4, -0.2) is 45.2 Å². The molecule has 9 heteroatoms. The van der Waals surface area contributed by atoms with E-state index in [1.807, 2.05) is 31.0 Å². The number of aromatic nitrogens is 4. The first-order valence-corrected chi connectivity index (χ1v) is 9.16. The van der Waals surface area contributed by atoms with Gasteiger partial charge >= 0.3 is 0 Å². The summed E-state index contributed by atoms with van der Waals surface area (Å²) in [5.74, 6) is 0.338. The Morgan fingerprint density at radius 2 is 2.11 bits per heavy atom. The smallest absolute Gasteiger partial charge is 0.271 e. The summed E-state index contributed by atoms with van der Waals surface area (Å²) in [6.07, 6.45) is 4.31. The Hall–Kier alpha value is -3.23. The molecule has 8 nitrogen and oxygen atoms in total. The highest BCUT2D eigenvalue weighted by Gasteiger charge is 2.51. The van der Waals surface area contributed by atoms with Gasteiger partial charge in [0.05, 0.1) is 24.0 Å². The molecule has 1 aliphatic heterocycles. The van der Waals surface area contributed by atoms with Gasteiger partial charge in [-0.1, -0.05) is 0 Å². The van der Waals surface area contributed by atoms with Gasteiger partial charge in [-0.15, -0.1) is 5.10 Å². The fourth-order valence-electron chi connectivity index (χ4n) is 3.74. The van der Waals surface area contributed by atoms with Gasteiger partial charge in [0.15, 0.2) is 11.3 Å². The Balaban J connectivity index is 1.70. The van der Waals surface area contributed by atoms with Crippen LogP contribution < -0.4 is 15.0 Å². The van der Waals surface area contributed by atoms with Crippen LogP contribution in [0.1, 0.15) is 35.8 Å². The summed E-state index contributed by atoms with van der Waals surface area (Å²) in [4.78, 5) is 23.1. The predicted molar refractivity (Wildman–Crippen MR) is 98.9 cm³/mol. The third-order valence-corrected chi connectivity index (χ3v) is 5.46. The van der Waals surface area contributed by atoms with Gasteiger partial charge in [-0.25, -0.2) is 18.9 Å². The maximum atomic E-state index is 14.0. The van der Waals surface area contributed by atoms with E-state index in [0.29, 0.717) is 28.6 Å². The third-order valence-electron chi connectivity index (χ3n) is 5.46. The summed E-state index contributed by atoms with van der Waals surface area (Å²) >= 11 is 0. The first kappa shape index (κ1) is 16.9. The second-order valence-corrected chi connectivity index (χ2v) is 7.39. The van der Waals surface area contributed by atoms with Crippen molar-refractivity contribution >= 4 is 17.4 Å². The largest absolute Gasteiger partial charge is 0.475 e. The molecule has 1 fully saturated rings. The Bertz CT molecular complexity index is 1090. The molecule has 1 spiro atoms. The van der Waals surface area contributed by atoms with Crippen molar-refractivity contribution in [3.05, 3.63) is 47.7 Å². The number of amides is 1. The predicted octanol–water partition coefficient (Wildman–Crippen LogP) is 1.90. The fourth-order valence-corrected chi connectivity index (χ4v) is 3.74. The lowest BCUT2D eigenvalue weighted by Gasteiger charge is -2.30. The molecule has 144 valence electrons. The van der Waals surface area contributed by atoms with Crippen LogP contribution in [0.15, 0.2) is 30.6 Å². The van der Waals surface area contributed by atoms with E-state index in [9.17, 15) is 9.18 Å². The second kappa shape index (κ2) is 5.88. The average molecular weight is 382 g/mol. The number of nitrogens with zero attached hydrogens (tertiary/aromatic N) is 5. The van der Waals surface area contributed by atoms with Gasteiger partial charge in [-0.05, 0) is 38.0 Å². The Morgan fingerprint density at radius 1 is 1.29 bits per heavy atom. The number of fused-ring (bicyclic) bond motifs is 3. The van der Waals surface area contributed by atoms with Crippen molar-refractivity contribution in [3.63, 3.8) is 0 Å². The molecule has 3 aromatic heterocycles. The first-order valence-electron chi connectivity index (χ1n) is 9.16. The number of pyridine rings is 1. The minimum atomic E-state index is -0.444.